The van der Waals surface area contributed by atoms with Crippen molar-refractivity contribution in [3.63, 3.8) is 0 Å². The minimum absolute atomic E-state index is 0.00448. The van der Waals surface area contributed by atoms with E-state index in [1.54, 1.807) is 29.3 Å². The fraction of sp³-hybridized carbons (Fsp3) is 0.100. The summed E-state index contributed by atoms with van der Waals surface area (Å²) in [7, 11) is 0. The molecule has 0 saturated heterocycles. The molecule has 5 aromatic rings. The van der Waals surface area contributed by atoms with E-state index in [2.05, 4.69) is 30.5 Å². The minimum Gasteiger partial charge on any atom is -0.415 e. The molecular weight excluding hydrogens is 406 g/mol. The van der Waals surface area contributed by atoms with Gasteiger partial charge in [-0.25, -0.2) is 9.67 Å². The summed E-state index contributed by atoms with van der Waals surface area (Å²) >= 11 is 0. The molecule has 0 fully saturated rings. The van der Waals surface area contributed by atoms with Crippen molar-refractivity contribution in [1.82, 2.24) is 39.7 Å². The van der Waals surface area contributed by atoms with Crippen LogP contribution < -0.4 is 0 Å². The standard InChI is InChI=1S/C20H14F2N8O/c21-18(22)20-27-26-19(31-20)14-4-5-15(24-9-14)10-30-11-17(25-28-30)13-2-1-3-16(8-13)29-7-6-23-12-29/h1-9,11-12,18H,10H2. The molecule has 0 radical (unpaired) electrons. The van der Waals surface area contributed by atoms with Crippen LogP contribution in [-0.2, 0) is 6.54 Å². The smallest absolute Gasteiger partial charge is 0.314 e. The highest BCUT2D eigenvalue weighted by Gasteiger charge is 2.17. The highest BCUT2D eigenvalue weighted by atomic mass is 19.3. The van der Waals surface area contributed by atoms with Crippen molar-refractivity contribution in [2.75, 3.05) is 0 Å². The lowest BCUT2D eigenvalue weighted by Crippen LogP contribution is -2.02. The average molecular weight is 420 g/mol. The number of pyridine rings is 1. The van der Waals surface area contributed by atoms with Crippen LogP contribution in [0.2, 0.25) is 0 Å². The van der Waals surface area contributed by atoms with Crippen molar-refractivity contribution in [3.8, 4) is 28.4 Å². The van der Waals surface area contributed by atoms with Crippen LogP contribution in [0.1, 0.15) is 18.0 Å². The molecule has 0 saturated carbocycles. The molecule has 5 rings (SSSR count). The zero-order chi connectivity index (χ0) is 21.2. The van der Waals surface area contributed by atoms with Crippen molar-refractivity contribution < 1.29 is 13.2 Å². The maximum atomic E-state index is 12.6. The number of hydrogen-bond donors (Lipinski definition) is 0. The molecule has 0 N–H and O–H groups in total. The number of imidazole rings is 1. The van der Waals surface area contributed by atoms with Gasteiger partial charge in [-0.05, 0) is 24.3 Å². The normalized spacial score (nSPS) is 11.3. The maximum absolute atomic E-state index is 12.6. The van der Waals surface area contributed by atoms with E-state index in [1.807, 2.05) is 41.2 Å². The lowest BCUT2D eigenvalue weighted by Gasteiger charge is -2.03. The molecule has 4 heterocycles. The van der Waals surface area contributed by atoms with Crippen molar-refractivity contribution in [2.24, 2.45) is 0 Å². The van der Waals surface area contributed by atoms with Gasteiger partial charge in [-0.2, -0.15) is 8.78 Å². The molecule has 4 aromatic heterocycles. The zero-order valence-electron chi connectivity index (χ0n) is 15.9. The number of halogens is 2. The minimum atomic E-state index is -2.81. The first-order valence-corrected chi connectivity index (χ1v) is 9.21. The fourth-order valence-electron chi connectivity index (χ4n) is 3.00. The van der Waals surface area contributed by atoms with Gasteiger partial charge in [-0.15, -0.1) is 15.3 Å². The molecule has 0 amide bonds. The van der Waals surface area contributed by atoms with Crippen LogP contribution in [0.4, 0.5) is 8.78 Å². The van der Waals surface area contributed by atoms with Crippen LogP contribution in [0, 0.1) is 0 Å². The lowest BCUT2D eigenvalue weighted by atomic mass is 10.1. The Morgan fingerprint density at radius 3 is 2.71 bits per heavy atom. The molecular formula is C20H14F2N8O. The van der Waals surface area contributed by atoms with E-state index in [9.17, 15) is 8.78 Å². The second-order valence-corrected chi connectivity index (χ2v) is 6.61. The van der Waals surface area contributed by atoms with Gasteiger partial charge in [0, 0.05) is 29.8 Å². The Balaban J connectivity index is 1.31. The monoisotopic (exact) mass is 420 g/mol. The topological polar surface area (TPSA) is 100 Å². The third kappa shape index (κ3) is 3.92. The van der Waals surface area contributed by atoms with Crippen molar-refractivity contribution in [3.05, 3.63) is 79.1 Å². The first-order chi connectivity index (χ1) is 15.2. The molecule has 0 bridgehead atoms. The van der Waals surface area contributed by atoms with Crippen molar-refractivity contribution in [2.45, 2.75) is 13.0 Å². The third-order valence-corrected chi connectivity index (χ3v) is 4.51. The Hall–Kier alpha value is -4.28. The summed E-state index contributed by atoms with van der Waals surface area (Å²) in [6.45, 7) is 0.389. The number of nitrogens with zero attached hydrogens (tertiary/aromatic N) is 8. The third-order valence-electron chi connectivity index (χ3n) is 4.51. The van der Waals surface area contributed by atoms with E-state index in [0.29, 0.717) is 17.8 Å². The van der Waals surface area contributed by atoms with Crippen LogP contribution >= 0.6 is 0 Å². The summed E-state index contributed by atoms with van der Waals surface area (Å²) in [5.41, 5.74) is 3.79. The van der Waals surface area contributed by atoms with Gasteiger partial charge in [0.05, 0.1) is 30.3 Å². The fourth-order valence-corrected chi connectivity index (χ4v) is 3.00. The van der Waals surface area contributed by atoms with Gasteiger partial charge in [-0.3, -0.25) is 4.98 Å². The summed E-state index contributed by atoms with van der Waals surface area (Å²) in [5.74, 6) is -0.721. The summed E-state index contributed by atoms with van der Waals surface area (Å²) in [6, 6.07) is 11.3. The van der Waals surface area contributed by atoms with E-state index in [1.165, 1.54) is 6.20 Å². The van der Waals surface area contributed by atoms with E-state index in [4.69, 9.17) is 4.42 Å². The second kappa shape index (κ2) is 7.86. The molecule has 9 nitrogen and oxygen atoms in total. The van der Waals surface area contributed by atoms with E-state index in [-0.39, 0.29) is 5.89 Å². The number of hydrogen-bond acceptors (Lipinski definition) is 7. The SMILES string of the molecule is FC(F)c1nnc(-c2ccc(Cn3cc(-c4cccc(-n5ccnc5)c4)nn3)nc2)o1. The van der Waals surface area contributed by atoms with Gasteiger partial charge in [-0.1, -0.05) is 17.3 Å². The van der Waals surface area contributed by atoms with Gasteiger partial charge < -0.3 is 8.98 Å². The first-order valence-electron chi connectivity index (χ1n) is 9.21. The lowest BCUT2D eigenvalue weighted by molar-refractivity contribution is 0.116. The summed E-state index contributed by atoms with van der Waals surface area (Å²) in [6.07, 6.45) is 5.83. The molecule has 0 atom stereocenters. The maximum Gasteiger partial charge on any atom is 0.314 e. The average Bonchev–Trinajstić information content (AvgIpc) is 3.56. The van der Waals surface area contributed by atoms with Crippen LogP contribution in [0.3, 0.4) is 0 Å². The predicted molar refractivity (Wildman–Crippen MR) is 104 cm³/mol. The van der Waals surface area contributed by atoms with Crippen LogP contribution in [0.5, 0.6) is 0 Å². The van der Waals surface area contributed by atoms with Gasteiger partial charge in [0.15, 0.2) is 0 Å². The molecule has 0 aliphatic heterocycles. The number of rotatable bonds is 6. The van der Waals surface area contributed by atoms with Gasteiger partial charge in [0.1, 0.15) is 5.69 Å². The van der Waals surface area contributed by atoms with Crippen LogP contribution in [0.25, 0.3) is 28.4 Å². The Morgan fingerprint density at radius 2 is 1.97 bits per heavy atom. The summed E-state index contributed by atoms with van der Waals surface area (Å²) < 4.78 is 33.7. The highest BCUT2D eigenvalue weighted by Crippen LogP contribution is 2.23. The second-order valence-electron chi connectivity index (χ2n) is 6.61. The Morgan fingerprint density at radius 1 is 1.03 bits per heavy atom. The number of alkyl halides is 2. The van der Waals surface area contributed by atoms with Gasteiger partial charge in [0.2, 0.25) is 5.89 Å². The molecule has 0 aliphatic rings. The zero-order valence-corrected chi connectivity index (χ0v) is 15.9. The Bertz CT molecular complexity index is 1290. The van der Waals surface area contributed by atoms with E-state index in [0.717, 1.165) is 16.9 Å². The van der Waals surface area contributed by atoms with Gasteiger partial charge in [0.25, 0.3) is 5.89 Å². The van der Waals surface area contributed by atoms with Crippen LogP contribution in [0.15, 0.2) is 71.9 Å². The molecule has 11 heteroatoms. The highest BCUT2D eigenvalue weighted by molar-refractivity contribution is 5.61. The summed E-state index contributed by atoms with van der Waals surface area (Å²) in [4.78, 5) is 8.38. The number of aromatic nitrogens is 8. The molecule has 1 aromatic carbocycles. The van der Waals surface area contributed by atoms with E-state index >= 15 is 0 Å². The largest absolute Gasteiger partial charge is 0.415 e. The Kier molecular flexibility index (Phi) is 4.75. The van der Waals surface area contributed by atoms with Crippen LogP contribution in [-0.4, -0.2) is 39.7 Å². The van der Waals surface area contributed by atoms with E-state index < -0.39 is 12.3 Å². The predicted octanol–water partition coefficient (Wildman–Crippen LogP) is 3.56. The summed E-state index contributed by atoms with van der Waals surface area (Å²) in [5, 5.41) is 15.3. The molecule has 0 spiro atoms. The molecule has 154 valence electrons. The number of benzene rings is 1. The van der Waals surface area contributed by atoms with Crippen molar-refractivity contribution >= 4 is 0 Å². The molecule has 0 aliphatic carbocycles. The van der Waals surface area contributed by atoms with Gasteiger partial charge >= 0.3 is 6.43 Å². The molecule has 31 heavy (non-hydrogen) atoms. The Labute approximate surface area is 174 Å². The van der Waals surface area contributed by atoms with Crippen molar-refractivity contribution in [1.29, 1.82) is 0 Å². The first kappa shape index (κ1) is 18.7. The quantitative estimate of drug-likeness (QED) is 0.414. The molecule has 0 unspecified atom stereocenters.